The summed E-state index contributed by atoms with van der Waals surface area (Å²) in [5.41, 5.74) is -0.767. The minimum Gasteiger partial charge on any atom is -0.507 e. The number of nitrogens with one attached hydrogen (secondary N) is 1. The Bertz CT molecular complexity index is 1010. The van der Waals surface area contributed by atoms with Gasteiger partial charge in [0.1, 0.15) is 5.75 Å². The molecule has 23 heavy (non-hydrogen) atoms. The van der Waals surface area contributed by atoms with Gasteiger partial charge in [-0.15, -0.1) is 0 Å². The van der Waals surface area contributed by atoms with Crippen molar-refractivity contribution in [1.82, 2.24) is 9.97 Å². The highest BCUT2D eigenvalue weighted by atomic mass is 16.6. The van der Waals surface area contributed by atoms with E-state index >= 15 is 0 Å². The molecule has 0 bridgehead atoms. The number of aromatic hydroxyl groups is 1. The third-order valence-corrected chi connectivity index (χ3v) is 3.26. The molecule has 0 saturated heterocycles. The first kappa shape index (κ1) is 14.4. The van der Waals surface area contributed by atoms with Crippen LogP contribution in [0.4, 0.5) is 5.69 Å². The summed E-state index contributed by atoms with van der Waals surface area (Å²) in [6.45, 7) is 0. The number of non-ortho nitro benzene ring substituents is 1. The summed E-state index contributed by atoms with van der Waals surface area (Å²) >= 11 is 0. The lowest BCUT2D eigenvalue weighted by atomic mass is 10.1. The predicted octanol–water partition coefficient (Wildman–Crippen LogP) is 1.77. The minimum atomic E-state index is -0.669. The first-order chi connectivity index (χ1) is 11.0. The van der Waals surface area contributed by atoms with E-state index in [4.69, 9.17) is 0 Å². The molecule has 0 fully saturated rings. The third-order valence-electron chi connectivity index (χ3n) is 3.26. The van der Waals surface area contributed by atoms with Crippen LogP contribution in [0.15, 0.2) is 47.3 Å². The Morgan fingerprint density at radius 1 is 1.22 bits per heavy atom. The number of nitro benzene ring substituents is 1. The number of carbonyl (C=O) groups is 1. The maximum absolute atomic E-state index is 12.3. The molecule has 0 amide bonds. The number of nitro groups is 1. The van der Waals surface area contributed by atoms with Crippen LogP contribution in [-0.2, 0) is 0 Å². The molecule has 0 saturated carbocycles. The molecular formula is C15H9N3O5. The molecule has 3 rings (SSSR count). The maximum Gasteiger partial charge on any atom is 0.270 e. The molecule has 1 heterocycles. The van der Waals surface area contributed by atoms with Gasteiger partial charge in [-0.3, -0.25) is 19.7 Å². The Morgan fingerprint density at radius 3 is 2.65 bits per heavy atom. The van der Waals surface area contributed by atoms with Crippen molar-refractivity contribution >= 4 is 22.4 Å². The first-order valence-corrected chi connectivity index (χ1v) is 6.48. The van der Waals surface area contributed by atoms with E-state index in [1.165, 1.54) is 24.3 Å². The topological polar surface area (TPSA) is 126 Å². The number of aromatic amines is 1. The van der Waals surface area contributed by atoms with Gasteiger partial charge in [-0.05, 0) is 18.2 Å². The van der Waals surface area contributed by atoms with Gasteiger partial charge >= 0.3 is 0 Å². The monoisotopic (exact) mass is 311 g/mol. The number of para-hydroxylation sites is 1. The quantitative estimate of drug-likeness (QED) is 0.431. The van der Waals surface area contributed by atoms with Gasteiger partial charge < -0.3 is 10.1 Å². The van der Waals surface area contributed by atoms with E-state index in [0.29, 0.717) is 0 Å². The second-order valence-electron chi connectivity index (χ2n) is 4.72. The summed E-state index contributed by atoms with van der Waals surface area (Å²) in [6, 6.07) is 9.45. The maximum atomic E-state index is 12.3. The van der Waals surface area contributed by atoms with Gasteiger partial charge in [0.2, 0.25) is 5.78 Å². The van der Waals surface area contributed by atoms with Crippen LogP contribution < -0.4 is 5.56 Å². The number of ketones is 1. The van der Waals surface area contributed by atoms with E-state index in [0.717, 1.165) is 6.07 Å². The van der Waals surface area contributed by atoms with Crippen LogP contribution in [-0.4, -0.2) is 25.8 Å². The van der Waals surface area contributed by atoms with Crippen molar-refractivity contribution in [2.24, 2.45) is 0 Å². The number of phenolic OH excluding ortho intramolecular Hbond substituents is 1. The van der Waals surface area contributed by atoms with Gasteiger partial charge in [0, 0.05) is 12.1 Å². The van der Waals surface area contributed by atoms with E-state index in [-0.39, 0.29) is 33.7 Å². The zero-order valence-corrected chi connectivity index (χ0v) is 11.5. The number of nitrogens with zero attached hydrogens (tertiary/aromatic N) is 2. The predicted molar refractivity (Wildman–Crippen MR) is 80.6 cm³/mol. The van der Waals surface area contributed by atoms with Crippen LogP contribution in [0, 0.1) is 10.1 Å². The second-order valence-corrected chi connectivity index (χ2v) is 4.72. The van der Waals surface area contributed by atoms with Crippen molar-refractivity contribution in [3.8, 4) is 5.75 Å². The molecule has 8 nitrogen and oxygen atoms in total. The number of phenols is 1. The van der Waals surface area contributed by atoms with E-state index in [1.807, 2.05) is 0 Å². The normalized spacial score (nSPS) is 10.6. The average Bonchev–Trinajstić information content (AvgIpc) is 2.54. The van der Waals surface area contributed by atoms with Crippen LogP contribution in [0.5, 0.6) is 5.75 Å². The van der Waals surface area contributed by atoms with Crippen molar-refractivity contribution in [1.29, 1.82) is 0 Å². The van der Waals surface area contributed by atoms with Crippen LogP contribution in [0.1, 0.15) is 16.2 Å². The first-order valence-electron chi connectivity index (χ1n) is 6.48. The van der Waals surface area contributed by atoms with Gasteiger partial charge in [0.15, 0.2) is 5.82 Å². The number of carbonyl (C=O) groups excluding carboxylic acids is 1. The fraction of sp³-hybridized carbons (Fsp3) is 0. The number of H-pyrrole nitrogens is 1. The molecule has 1 aromatic heterocycles. The van der Waals surface area contributed by atoms with Crippen molar-refractivity contribution in [3.05, 3.63) is 74.3 Å². The van der Waals surface area contributed by atoms with Crippen molar-refractivity contribution in [2.75, 3.05) is 0 Å². The lowest BCUT2D eigenvalue weighted by molar-refractivity contribution is -0.384. The Labute approximate surface area is 128 Å². The molecule has 8 heteroatoms. The highest BCUT2D eigenvalue weighted by Gasteiger charge is 2.18. The zero-order chi connectivity index (χ0) is 16.6. The van der Waals surface area contributed by atoms with E-state index in [2.05, 4.69) is 9.97 Å². The largest absolute Gasteiger partial charge is 0.507 e. The van der Waals surface area contributed by atoms with Gasteiger partial charge in [0.25, 0.3) is 11.2 Å². The standard InChI is InChI=1S/C15H9N3O5/c19-12-4-2-1-3-9(12)13(20)14-16-11-6-5-8(18(22)23)7-10(11)15(21)17-14/h1-7,19H,(H,16,17,21). The zero-order valence-electron chi connectivity index (χ0n) is 11.5. The van der Waals surface area contributed by atoms with Gasteiger partial charge in [-0.1, -0.05) is 12.1 Å². The molecule has 0 aliphatic carbocycles. The van der Waals surface area contributed by atoms with Crippen LogP contribution >= 0.6 is 0 Å². The molecule has 0 aliphatic heterocycles. The van der Waals surface area contributed by atoms with Crippen molar-refractivity contribution in [2.45, 2.75) is 0 Å². The molecule has 0 unspecified atom stereocenters. The smallest absolute Gasteiger partial charge is 0.270 e. The van der Waals surface area contributed by atoms with Crippen LogP contribution in [0.25, 0.3) is 10.9 Å². The van der Waals surface area contributed by atoms with Gasteiger partial charge in [-0.25, -0.2) is 4.98 Å². The summed E-state index contributed by atoms with van der Waals surface area (Å²) in [5, 5.41) is 20.5. The molecule has 0 aliphatic rings. The van der Waals surface area contributed by atoms with Crippen LogP contribution in [0.3, 0.4) is 0 Å². The van der Waals surface area contributed by atoms with E-state index in [9.17, 15) is 24.8 Å². The van der Waals surface area contributed by atoms with Gasteiger partial charge in [0.05, 0.1) is 21.4 Å². The lowest BCUT2D eigenvalue weighted by Crippen LogP contribution is -2.16. The van der Waals surface area contributed by atoms with Crippen LogP contribution in [0.2, 0.25) is 0 Å². The Hall–Kier alpha value is -3.55. The number of hydrogen-bond donors (Lipinski definition) is 2. The Balaban J connectivity index is 2.15. The fourth-order valence-electron chi connectivity index (χ4n) is 2.14. The molecule has 3 aromatic rings. The summed E-state index contributed by atoms with van der Waals surface area (Å²) in [7, 11) is 0. The van der Waals surface area contributed by atoms with E-state index < -0.39 is 16.3 Å². The summed E-state index contributed by atoms with van der Waals surface area (Å²) in [5.74, 6) is -1.14. The molecular weight excluding hydrogens is 302 g/mol. The Morgan fingerprint density at radius 2 is 1.96 bits per heavy atom. The molecule has 0 atom stereocenters. The minimum absolute atomic E-state index is 0.00286. The molecule has 0 spiro atoms. The summed E-state index contributed by atoms with van der Waals surface area (Å²) < 4.78 is 0. The SMILES string of the molecule is O=C(c1nc2ccc([N+](=O)[O-])cc2c(=O)[nH]1)c1ccccc1O. The molecule has 2 N–H and O–H groups in total. The number of benzene rings is 2. The van der Waals surface area contributed by atoms with Crippen molar-refractivity contribution in [3.63, 3.8) is 0 Å². The van der Waals surface area contributed by atoms with Crippen molar-refractivity contribution < 1.29 is 14.8 Å². The average molecular weight is 311 g/mol. The van der Waals surface area contributed by atoms with E-state index in [1.54, 1.807) is 12.1 Å². The lowest BCUT2D eigenvalue weighted by Gasteiger charge is -2.04. The highest BCUT2D eigenvalue weighted by molar-refractivity contribution is 6.08. The fourth-order valence-corrected chi connectivity index (χ4v) is 2.14. The third kappa shape index (κ3) is 2.53. The molecule has 114 valence electrons. The number of fused-ring (bicyclic) bond motifs is 1. The Kier molecular flexibility index (Phi) is 3.34. The number of hydrogen-bond acceptors (Lipinski definition) is 6. The molecule has 2 aromatic carbocycles. The molecule has 0 radical (unpaired) electrons. The van der Waals surface area contributed by atoms with Gasteiger partial charge in [-0.2, -0.15) is 0 Å². The number of rotatable bonds is 3. The second kappa shape index (κ2) is 5.34. The number of aromatic nitrogens is 2. The summed E-state index contributed by atoms with van der Waals surface area (Å²) in [4.78, 5) is 40.8. The highest BCUT2D eigenvalue weighted by Crippen LogP contribution is 2.20. The summed E-state index contributed by atoms with van der Waals surface area (Å²) in [6.07, 6.45) is 0.